The lowest BCUT2D eigenvalue weighted by atomic mass is 10.1. The predicted octanol–water partition coefficient (Wildman–Crippen LogP) is 5.80. The Kier molecular flexibility index (Phi) is 17.3. The van der Waals surface area contributed by atoms with Gasteiger partial charge in [0.25, 0.3) is 0 Å². The van der Waals surface area contributed by atoms with E-state index < -0.39 is 36.2 Å². The predicted molar refractivity (Wildman–Crippen MR) is 150 cm³/mol. The van der Waals surface area contributed by atoms with E-state index in [1.807, 2.05) is 20.8 Å². The Bertz CT molecular complexity index is 934. The van der Waals surface area contributed by atoms with E-state index in [0.29, 0.717) is 18.4 Å². The lowest BCUT2D eigenvalue weighted by molar-refractivity contribution is -0.148. The van der Waals surface area contributed by atoms with E-state index in [4.69, 9.17) is 29.4 Å². The van der Waals surface area contributed by atoms with Gasteiger partial charge in [0.05, 0.1) is 0 Å². The zero-order chi connectivity index (χ0) is 29.9. The standard InChI is InChI=1S/C30H47NO9/c1-6-9-11-14-27(32)39-25-17-16-23(19-26(25)40-28(33)15-12-10-7-2)18-24(31)29(34)36-20-22(5)38-30(35)37-21(4)13-8-3/h16-17,19,21-22,24H,6-15,18,20,31H2,1-5H3/t21?,22-,24-/m0/s1. The van der Waals surface area contributed by atoms with E-state index in [2.05, 4.69) is 0 Å². The van der Waals surface area contributed by atoms with Crippen molar-refractivity contribution in [2.75, 3.05) is 6.61 Å². The highest BCUT2D eigenvalue weighted by Crippen LogP contribution is 2.30. The summed E-state index contributed by atoms with van der Waals surface area (Å²) in [6.07, 6.45) is 5.49. The van der Waals surface area contributed by atoms with E-state index >= 15 is 0 Å². The van der Waals surface area contributed by atoms with Crippen LogP contribution in [0, 0.1) is 0 Å². The molecule has 0 bridgehead atoms. The summed E-state index contributed by atoms with van der Waals surface area (Å²) in [6.45, 7) is 9.23. The number of rotatable bonds is 19. The van der Waals surface area contributed by atoms with Crippen LogP contribution in [0.25, 0.3) is 0 Å². The lowest BCUT2D eigenvalue weighted by Crippen LogP contribution is -2.36. The van der Waals surface area contributed by atoms with Gasteiger partial charge < -0.3 is 29.4 Å². The molecule has 10 heteroatoms. The molecular weight excluding hydrogens is 518 g/mol. The maximum Gasteiger partial charge on any atom is 0.508 e. The summed E-state index contributed by atoms with van der Waals surface area (Å²) in [7, 11) is 0. The lowest BCUT2D eigenvalue weighted by Gasteiger charge is -2.18. The second-order valence-corrected chi connectivity index (χ2v) is 9.98. The normalized spacial score (nSPS) is 13.1. The Hall–Kier alpha value is -3.14. The van der Waals surface area contributed by atoms with Gasteiger partial charge in [0, 0.05) is 12.8 Å². The third kappa shape index (κ3) is 14.9. The van der Waals surface area contributed by atoms with Gasteiger partial charge in [-0.15, -0.1) is 0 Å². The summed E-state index contributed by atoms with van der Waals surface area (Å²) >= 11 is 0. The van der Waals surface area contributed by atoms with Crippen molar-refractivity contribution in [3.8, 4) is 11.5 Å². The zero-order valence-corrected chi connectivity index (χ0v) is 24.7. The monoisotopic (exact) mass is 565 g/mol. The summed E-state index contributed by atoms with van der Waals surface area (Å²) in [5, 5.41) is 0. The van der Waals surface area contributed by atoms with Crippen molar-refractivity contribution in [3.05, 3.63) is 23.8 Å². The number of carbonyl (C=O) groups is 4. The summed E-state index contributed by atoms with van der Waals surface area (Å²) in [5.41, 5.74) is 6.64. The van der Waals surface area contributed by atoms with Crippen molar-refractivity contribution >= 4 is 24.1 Å². The molecule has 0 aliphatic heterocycles. The van der Waals surface area contributed by atoms with E-state index in [9.17, 15) is 19.2 Å². The van der Waals surface area contributed by atoms with Gasteiger partial charge in [0.15, 0.2) is 11.5 Å². The summed E-state index contributed by atoms with van der Waals surface area (Å²) in [4.78, 5) is 49.0. The molecular formula is C30H47NO9. The molecule has 2 N–H and O–H groups in total. The number of benzene rings is 1. The van der Waals surface area contributed by atoms with Gasteiger partial charge in [-0.3, -0.25) is 14.4 Å². The highest BCUT2D eigenvalue weighted by molar-refractivity contribution is 5.77. The van der Waals surface area contributed by atoms with E-state index in [0.717, 1.165) is 38.5 Å². The maximum atomic E-state index is 12.5. The van der Waals surface area contributed by atoms with Gasteiger partial charge in [-0.1, -0.05) is 58.9 Å². The van der Waals surface area contributed by atoms with Crippen LogP contribution in [0.1, 0.15) is 104 Å². The SMILES string of the molecule is CCCCCC(=O)Oc1ccc(C[C@H](N)C(=O)OC[C@H](C)OC(=O)OC(C)CCC)cc1OC(=O)CCCCC. The van der Waals surface area contributed by atoms with Crippen LogP contribution in [0.4, 0.5) is 4.79 Å². The van der Waals surface area contributed by atoms with Gasteiger partial charge in [0.2, 0.25) is 0 Å². The molecule has 0 amide bonds. The van der Waals surface area contributed by atoms with Crippen molar-refractivity contribution in [3.63, 3.8) is 0 Å². The van der Waals surface area contributed by atoms with E-state index in [1.165, 1.54) is 6.07 Å². The molecule has 0 aliphatic rings. The van der Waals surface area contributed by atoms with Crippen LogP contribution in [-0.4, -0.2) is 48.9 Å². The Balaban J connectivity index is 2.78. The molecule has 1 unspecified atom stereocenters. The Morgan fingerprint density at radius 2 is 1.35 bits per heavy atom. The van der Waals surface area contributed by atoms with Gasteiger partial charge in [0.1, 0.15) is 24.9 Å². The molecule has 0 spiro atoms. The van der Waals surface area contributed by atoms with Crippen molar-refractivity contribution in [1.29, 1.82) is 0 Å². The molecule has 1 aromatic rings. The highest BCUT2D eigenvalue weighted by Gasteiger charge is 2.21. The van der Waals surface area contributed by atoms with E-state index in [-0.39, 0.29) is 43.5 Å². The molecule has 0 radical (unpaired) electrons. The number of ether oxygens (including phenoxy) is 5. The smallest absolute Gasteiger partial charge is 0.461 e. The number of esters is 3. The molecule has 0 aliphatic carbocycles. The average molecular weight is 566 g/mol. The average Bonchev–Trinajstić information content (AvgIpc) is 2.89. The third-order valence-electron chi connectivity index (χ3n) is 5.93. The minimum Gasteiger partial charge on any atom is -0.461 e. The van der Waals surface area contributed by atoms with Crippen LogP contribution in [0.15, 0.2) is 18.2 Å². The molecule has 1 rings (SSSR count). The summed E-state index contributed by atoms with van der Waals surface area (Å²) < 4.78 is 26.4. The Morgan fingerprint density at radius 3 is 1.93 bits per heavy atom. The van der Waals surface area contributed by atoms with Gasteiger partial charge in [-0.2, -0.15) is 0 Å². The van der Waals surface area contributed by atoms with Gasteiger partial charge in [-0.25, -0.2) is 4.79 Å². The van der Waals surface area contributed by atoms with Crippen LogP contribution >= 0.6 is 0 Å². The molecule has 1 aromatic carbocycles. The number of carbonyl (C=O) groups excluding carboxylic acids is 4. The number of unbranched alkanes of at least 4 members (excludes halogenated alkanes) is 4. The van der Waals surface area contributed by atoms with Crippen LogP contribution in [0.5, 0.6) is 11.5 Å². The maximum absolute atomic E-state index is 12.5. The summed E-state index contributed by atoms with van der Waals surface area (Å²) in [5.74, 6) is -1.30. The zero-order valence-electron chi connectivity index (χ0n) is 24.7. The van der Waals surface area contributed by atoms with Crippen LogP contribution in [0.3, 0.4) is 0 Å². The molecule has 3 atom stereocenters. The quantitative estimate of drug-likeness (QED) is 0.124. The largest absolute Gasteiger partial charge is 0.508 e. The summed E-state index contributed by atoms with van der Waals surface area (Å²) in [6, 6.07) is 3.69. The first-order valence-electron chi connectivity index (χ1n) is 14.4. The molecule has 40 heavy (non-hydrogen) atoms. The minimum atomic E-state index is -1.03. The van der Waals surface area contributed by atoms with Crippen molar-refractivity contribution in [1.82, 2.24) is 0 Å². The molecule has 0 saturated heterocycles. The fraction of sp³-hybridized carbons (Fsp3) is 0.667. The highest BCUT2D eigenvalue weighted by atomic mass is 16.7. The fourth-order valence-corrected chi connectivity index (χ4v) is 3.73. The number of hydrogen-bond donors (Lipinski definition) is 1. The first kappa shape index (κ1) is 34.9. The van der Waals surface area contributed by atoms with E-state index in [1.54, 1.807) is 26.0 Å². The number of nitrogens with two attached hydrogens (primary N) is 1. The van der Waals surface area contributed by atoms with Crippen LogP contribution in [0.2, 0.25) is 0 Å². The van der Waals surface area contributed by atoms with Crippen molar-refractivity contribution in [2.24, 2.45) is 5.73 Å². The van der Waals surface area contributed by atoms with Crippen LogP contribution in [-0.2, 0) is 35.0 Å². The molecule has 226 valence electrons. The molecule has 0 heterocycles. The first-order valence-corrected chi connectivity index (χ1v) is 14.4. The third-order valence-corrected chi connectivity index (χ3v) is 5.93. The fourth-order valence-electron chi connectivity index (χ4n) is 3.73. The molecule has 10 nitrogen and oxygen atoms in total. The Labute approximate surface area is 238 Å². The molecule has 0 fully saturated rings. The first-order chi connectivity index (χ1) is 19.1. The van der Waals surface area contributed by atoms with Crippen LogP contribution < -0.4 is 15.2 Å². The molecule has 0 aromatic heterocycles. The van der Waals surface area contributed by atoms with Crippen molar-refractivity contribution < 1.29 is 42.9 Å². The second kappa shape index (κ2) is 19.8. The minimum absolute atomic E-state index is 0.0791. The topological polar surface area (TPSA) is 140 Å². The van der Waals surface area contributed by atoms with Gasteiger partial charge >= 0.3 is 24.1 Å². The molecule has 0 saturated carbocycles. The second-order valence-electron chi connectivity index (χ2n) is 9.98. The van der Waals surface area contributed by atoms with Gasteiger partial charge in [-0.05, 0) is 57.2 Å². The Morgan fingerprint density at radius 1 is 0.775 bits per heavy atom. The number of hydrogen-bond acceptors (Lipinski definition) is 10. The van der Waals surface area contributed by atoms with Crippen molar-refractivity contribution in [2.45, 2.75) is 123 Å².